The van der Waals surface area contributed by atoms with Gasteiger partial charge in [0.2, 0.25) is 20.0 Å². The van der Waals surface area contributed by atoms with Gasteiger partial charge < -0.3 is 5.32 Å². The zero-order valence-corrected chi connectivity index (χ0v) is 18.8. The number of unbranched alkanes of at least 4 members (excludes halogenated alkanes) is 2. The SMILES string of the molecule is CCCCCN(CCS(=O)(=O)N1CCNCC1)S(=O)(=O)c1ccc(Br)cc1. The molecule has 0 atom stereocenters. The Kier molecular flexibility index (Phi) is 8.70. The molecule has 1 heterocycles. The van der Waals surface area contributed by atoms with Crippen LogP contribution in [-0.4, -0.2) is 70.5 Å². The second-order valence-corrected chi connectivity index (χ2v) is 11.5. The Bertz CT molecular complexity index is 792. The molecule has 0 saturated carbocycles. The standard InChI is InChI=1S/C17H28BrN3O4S2/c1-2-3-4-11-21(27(24,25)17-7-5-16(18)6-8-17)14-15-26(22,23)20-12-9-19-10-13-20/h5-8,19H,2-4,9-15H2,1H3. The number of hydrogen-bond acceptors (Lipinski definition) is 5. The second-order valence-electron chi connectivity index (χ2n) is 6.53. The normalized spacial score (nSPS) is 16.7. The summed E-state index contributed by atoms with van der Waals surface area (Å²) in [5.74, 6) is -0.200. The van der Waals surface area contributed by atoms with Crippen LogP contribution in [0.1, 0.15) is 26.2 Å². The highest BCUT2D eigenvalue weighted by Gasteiger charge is 2.29. The quantitative estimate of drug-likeness (QED) is 0.515. The number of benzene rings is 1. The van der Waals surface area contributed by atoms with E-state index in [1.807, 2.05) is 6.92 Å². The van der Waals surface area contributed by atoms with E-state index < -0.39 is 20.0 Å². The highest BCUT2D eigenvalue weighted by molar-refractivity contribution is 9.10. The van der Waals surface area contributed by atoms with Crippen molar-refractivity contribution in [3.63, 3.8) is 0 Å². The van der Waals surface area contributed by atoms with Gasteiger partial charge in [-0.05, 0) is 30.7 Å². The van der Waals surface area contributed by atoms with Crippen molar-refractivity contribution < 1.29 is 16.8 Å². The molecular weight excluding hydrogens is 454 g/mol. The molecule has 1 saturated heterocycles. The molecule has 7 nitrogen and oxygen atoms in total. The summed E-state index contributed by atoms with van der Waals surface area (Å²) < 4.78 is 54.8. The first-order valence-corrected chi connectivity index (χ1v) is 13.1. The molecule has 0 aromatic heterocycles. The summed E-state index contributed by atoms with van der Waals surface area (Å²) in [7, 11) is -7.21. The Morgan fingerprint density at radius 2 is 1.67 bits per heavy atom. The molecule has 1 aliphatic rings. The van der Waals surface area contributed by atoms with Crippen LogP contribution in [0.3, 0.4) is 0 Å². The van der Waals surface area contributed by atoms with Crippen molar-refractivity contribution in [2.24, 2.45) is 0 Å². The highest BCUT2D eigenvalue weighted by Crippen LogP contribution is 2.20. The molecule has 0 amide bonds. The summed E-state index contributed by atoms with van der Waals surface area (Å²) in [4.78, 5) is 0.182. The van der Waals surface area contributed by atoms with E-state index in [-0.39, 0.29) is 17.2 Å². The lowest BCUT2D eigenvalue weighted by Gasteiger charge is -2.28. The summed E-state index contributed by atoms with van der Waals surface area (Å²) in [5, 5.41) is 3.12. The Labute approximate surface area is 171 Å². The molecule has 2 rings (SSSR count). The molecule has 1 aliphatic heterocycles. The number of rotatable bonds is 10. The maximum atomic E-state index is 13.0. The lowest BCUT2D eigenvalue weighted by atomic mass is 10.2. The monoisotopic (exact) mass is 481 g/mol. The number of piperazine rings is 1. The van der Waals surface area contributed by atoms with Gasteiger partial charge in [-0.2, -0.15) is 8.61 Å². The van der Waals surface area contributed by atoms with E-state index in [0.29, 0.717) is 39.1 Å². The lowest BCUT2D eigenvalue weighted by molar-refractivity contribution is 0.355. The number of hydrogen-bond donors (Lipinski definition) is 1. The number of nitrogens with zero attached hydrogens (tertiary/aromatic N) is 2. The molecule has 0 spiro atoms. The van der Waals surface area contributed by atoms with Crippen molar-refractivity contribution in [1.29, 1.82) is 0 Å². The maximum Gasteiger partial charge on any atom is 0.243 e. The van der Waals surface area contributed by atoms with E-state index in [1.54, 1.807) is 12.1 Å². The minimum atomic E-state index is -3.73. The van der Waals surface area contributed by atoms with Crippen LogP contribution >= 0.6 is 15.9 Å². The van der Waals surface area contributed by atoms with E-state index >= 15 is 0 Å². The smallest absolute Gasteiger partial charge is 0.243 e. The van der Waals surface area contributed by atoms with Crippen LogP contribution in [0.5, 0.6) is 0 Å². The van der Waals surface area contributed by atoms with Crippen LogP contribution in [0.2, 0.25) is 0 Å². The fourth-order valence-electron chi connectivity index (χ4n) is 2.91. The van der Waals surface area contributed by atoms with Crippen molar-refractivity contribution in [1.82, 2.24) is 13.9 Å². The number of nitrogens with one attached hydrogen (secondary N) is 1. The zero-order chi connectivity index (χ0) is 19.9. The molecule has 1 aromatic rings. The number of sulfonamides is 2. The predicted octanol–water partition coefficient (Wildman–Crippen LogP) is 1.86. The molecule has 1 N–H and O–H groups in total. The van der Waals surface area contributed by atoms with E-state index in [0.717, 1.165) is 17.3 Å². The van der Waals surface area contributed by atoms with Gasteiger partial charge in [0, 0.05) is 43.7 Å². The first-order chi connectivity index (χ1) is 12.8. The van der Waals surface area contributed by atoms with Gasteiger partial charge in [-0.25, -0.2) is 16.8 Å². The lowest BCUT2D eigenvalue weighted by Crippen LogP contribution is -2.48. The van der Waals surface area contributed by atoms with E-state index in [4.69, 9.17) is 0 Å². The third-order valence-electron chi connectivity index (χ3n) is 4.53. The highest BCUT2D eigenvalue weighted by atomic mass is 79.9. The average Bonchev–Trinajstić information content (AvgIpc) is 2.65. The Morgan fingerprint density at radius 3 is 2.26 bits per heavy atom. The Balaban J connectivity index is 2.14. The zero-order valence-electron chi connectivity index (χ0n) is 15.6. The molecule has 27 heavy (non-hydrogen) atoms. The van der Waals surface area contributed by atoms with Gasteiger partial charge in [-0.1, -0.05) is 35.7 Å². The van der Waals surface area contributed by atoms with Crippen LogP contribution in [0, 0.1) is 0 Å². The van der Waals surface area contributed by atoms with Gasteiger partial charge in [-0.3, -0.25) is 0 Å². The summed E-state index contributed by atoms with van der Waals surface area (Å²) in [6.07, 6.45) is 2.57. The second kappa shape index (κ2) is 10.3. The largest absolute Gasteiger partial charge is 0.314 e. The molecular formula is C17H28BrN3O4S2. The van der Waals surface area contributed by atoms with E-state index in [9.17, 15) is 16.8 Å². The van der Waals surface area contributed by atoms with Gasteiger partial charge in [0.15, 0.2) is 0 Å². The van der Waals surface area contributed by atoms with Gasteiger partial charge >= 0.3 is 0 Å². The first kappa shape index (κ1) is 22.8. The summed E-state index contributed by atoms with van der Waals surface area (Å²) >= 11 is 3.30. The predicted molar refractivity (Wildman–Crippen MR) is 111 cm³/mol. The molecule has 10 heteroatoms. The summed E-state index contributed by atoms with van der Waals surface area (Å²) in [6, 6.07) is 6.43. The van der Waals surface area contributed by atoms with Crippen LogP contribution in [0.4, 0.5) is 0 Å². The summed E-state index contributed by atoms with van der Waals surface area (Å²) in [6.45, 7) is 4.43. The molecule has 1 aromatic carbocycles. The molecule has 0 bridgehead atoms. The molecule has 1 fully saturated rings. The fraction of sp³-hybridized carbons (Fsp3) is 0.647. The molecule has 0 aliphatic carbocycles. The van der Waals surface area contributed by atoms with Crippen molar-refractivity contribution >= 4 is 36.0 Å². The average molecular weight is 482 g/mol. The molecule has 0 radical (unpaired) electrons. The van der Waals surface area contributed by atoms with Crippen LogP contribution < -0.4 is 5.32 Å². The van der Waals surface area contributed by atoms with E-state index in [1.165, 1.54) is 20.7 Å². The van der Waals surface area contributed by atoms with Crippen molar-refractivity contribution in [2.75, 3.05) is 45.0 Å². The number of halogens is 1. The maximum absolute atomic E-state index is 13.0. The third kappa shape index (κ3) is 6.50. The van der Waals surface area contributed by atoms with Gasteiger partial charge in [0.25, 0.3) is 0 Å². The van der Waals surface area contributed by atoms with Crippen molar-refractivity contribution in [3.05, 3.63) is 28.7 Å². The van der Waals surface area contributed by atoms with Crippen molar-refractivity contribution in [3.8, 4) is 0 Å². The fourth-order valence-corrected chi connectivity index (χ4v) is 6.22. The van der Waals surface area contributed by atoms with Gasteiger partial charge in [0.1, 0.15) is 0 Å². The molecule has 0 unspecified atom stereocenters. The molecule has 154 valence electrons. The third-order valence-corrected chi connectivity index (χ3v) is 8.82. The van der Waals surface area contributed by atoms with Gasteiger partial charge in [0.05, 0.1) is 10.6 Å². The minimum Gasteiger partial charge on any atom is -0.314 e. The van der Waals surface area contributed by atoms with Crippen LogP contribution in [0.25, 0.3) is 0 Å². The minimum absolute atomic E-state index is 0.0334. The van der Waals surface area contributed by atoms with Crippen LogP contribution in [0.15, 0.2) is 33.6 Å². The topological polar surface area (TPSA) is 86.8 Å². The Morgan fingerprint density at radius 1 is 1.04 bits per heavy atom. The van der Waals surface area contributed by atoms with E-state index in [2.05, 4.69) is 21.2 Å². The summed E-state index contributed by atoms with van der Waals surface area (Å²) in [5.41, 5.74) is 0. The first-order valence-electron chi connectivity index (χ1n) is 9.21. The Hall–Kier alpha value is -0.520. The van der Waals surface area contributed by atoms with Gasteiger partial charge in [-0.15, -0.1) is 0 Å². The van der Waals surface area contributed by atoms with Crippen LogP contribution in [-0.2, 0) is 20.0 Å². The van der Waals surface area contributed by atoms with Crippen molar-refractivity contribution in [2.45, 2.75) is 31.1 Å².